The number of ketones is 1. The second-order valence-corrected chi connectivity index (χ2v) is 13.5. The molecule has 0 saturated carbocycles. The highest BCUT2D eigenvalue weighted by Gasteiger charge is 2.58. The molecular weight excluding hydrogens is 580 g/mol. The standard InChI is InChI=1S/C34H52N2O9/c1-20(9-12-28-21(2)15-27(23(4)44-28)36-30(39)14-11-22(3)43-24(5)37)10-13-29-31(40)34(19-42-34)18-26(45-29)16-25(38)17-33(6,7)32(41)35-8/h9-11,13-14,21-23,26-29,31,40H,12,15-19H2,1-8H3,(H,35,41)(H,36,39)/b13-10+,14-11-,20-9+/t21-,22-,23+,26+,27+,28-,29+,31+,34+/m0/s1. The van der Waals surface area contributed by atoms with Crippen molar-refractivity contribution in [2.24, 2.45) is 11.3 Å². The first-order valence-electron chi connectivity index (χ1n) is 15.9. The fraction of sp³-hybridized carbons (Fsp3) is 0.706. The van der Waals surface area contributed by atoms with Gasteiger partial charge in [0.25, 0.3) is 0 Å². The molecule has 3 saturated heterocycles. The van der Waals surface area contributed by atoms with E-state index in [4.69, 9.17) is 18.9 Å². The monoisotopic (exact) mass is 632 g/mol. The van der Waals surface area contributed by atoms with E-state index in [0.717, 1.165) is 12.0 Å². The first kappa shape index (κ1) is 36.6. The fourth-order valence-electron chi connectivity index (χ4n) is 6.12. The SMILES string of the molecule is CNC(=O)C(C)(C)CC(=O)C[C@@H]1C[C@@]2(CO2)[C@H](O)[C@@H](/C=C/C(C)=C/C[C@@H]2O[C@H](C)[C@H](NC(=O)/C=C\[C@H](C)OC(C)=O)C[C@@H]2C)O1. The average Bonchev–Trinajstić information content (AvgIpc) is 3.72. The lowest BCUT2D eigenvalue weighted by Gasteiger charge is -2.39. The highest BCUT2D eigenvalue weighted by atomic mass is 16.6. The smallest absolute Gasteiger partial charge is 0.303 e. The second kappa shape index (κ2) is 15.6. The molecule has 3 fully saturated rings. The van der Waals surface area contributed by atoms with Gasteiger partial charge in [-0.3, -0.25) is 19.2 Å². The minimum Gasteiger partial charge on any atom is -0.459 e. The summed E-state index contributed by atoms with van der Waals surface area (Å²) < 4.78 is 23.1. The van der Waals surface area contributed by atoms with Crippen LogP contribution in [-0.4, -0.2) is 90.6 Å². The van der Waals surface area contributed by atoms with Gasteiger partial charge in [-0.25, -0.2) is 0 Å². The number of nitrogens with one attached hydrogen (secondary N) is 2. The molecule has 1 spiro atoms. The van der Waals surface area contributed by atoms with Gasteiger partial charge in [0.1, 0.15) is 29.7 Å². The highest BCUT2D eigenvalue weighted by Crippen LogP contribution is 2.43. The molecule has 11 nitrogen and oxygen atoms in total. The zero-order chi connectivity index (χ0) is 33.5. The second-order valence-electron chi connectivity index (χ2n) is 13.5. The summed E-state index contributed by atoms with van der Waals surface area (Å²) in [6, 6.07) is -0.140. The predicted octanol–water partition coefficient (Wildman–Crippen LogP) is 3.09. The number of ether oxygens (including phenoxy) is 4. The molecule has 0 aromatic rings. The van der Waals surface area contributed by atoms with Crippen LogP contribution < -0.4 is 10.6 Å². The van der Waals surface area contributed by atoms with Crippen molar-refractivity contribution in [3.63, 3.8) is 0 Å². The Hall–Kier alpha value is -2.86. The van der Waals surface area contributed by atoms with E-state index >= 15 is 0 Å². The van der Waals surface area contributed by atoms with Gasteiger partial charge in [0.15, 0.2) is 0 Å². The van der Waals surface area contributed by atoms with Gasteiger partial charge in [-0.2, -0.15) is 0 Å². The quantitative estimate of drug-likeness (QED) is 0.120. The summed E-state index contributed by atoms with van der Waals surface area (Å²) in [4.78, 5) is 48.4. The van der Waals surface area contributed by atoms with Crippen molar-refractivity contribution in [2.45, 2.75) is 129 Å². The number of hydrogen-bond acceptors (Lipinski definition) is 9. The van der Waals surface area contributed by atoms with E-state index in [1.165, 1.54) is 13.0 Å². The van der Waals surface area contributed by atoms with Crippen molar-refractivity contribution in [3.8, 4) is 0 Å². The largest absolute Gasteiger partial charge is 0.459 e. The van der Waals surface area contributed by atoms with Gasteiger partial charge in [-0.15, -0.1) is 0 Å². The first-order chi connectivity index (χ1) is 21.0. The Kier molecular flexibility index (Phi) is 12.7. The van der Waals surface area contributed by atoms with Crippen LogP contribution in [0.5, 0.6) is 0 Å². The zero-order valence-corrected chi connectivity index (χ0v) is 28.0. The van der Waals surface area contributed by atoms with Gasteiger partial charge in [-0.1, -0.05) is 44.6 Å². The van der Waals surface area contributed by atoms with E-state index in [0.29, 0.717) is 19.4 Å². The molecule has 3 rings (SSSR count). The topological polar surface area (TPSA) is 153 Å². The number of Topliss-reactive ketones (excluding diaryl/α,β-unsaturated/α-hetero) is 1. The molecule has 2 amide bonds. The van der Waals surface area contributed by atoms with E-state index < -0.39 is 41.4 Å². The maximum atomic E-state index is 12.8. The molecule has 0 unspecified atom stereocenters. The number of allylic oxidation sites excluding steroid dienone is 2. The maximum Gasteiger partial charge on any atom is 0.303 e. The number of epoxide rings is 1. The molecule has 9 atom stereocenters. The van der Waals surface area contributed by atoms with Gasteiger partial charge in [0.2, 0.25) is 11.8 Å². The van der Waals surface area contributed by atoms with Crippen LogP contribution >= 0.6 is 0 Å². The molecule has 3 heterocycles. The average molecular weight is 633 g/mol. The molecule has 3 N–H and O–H groups in total. The van der Waals surface area contributed by atoms with Crippen LogP contribution in [0.1, 0.15) is 80.6 Å². The van der Waals surface area contributed by atoms with Gasteiger partial charge in [0, 0.05) is 39.3 Å². The third-order valence-electron chi connectivity index (χ3n) is 8.86. The lowest BCUT2D eigenvalue weighted by atomic mass is 9.82. The Bertz CT molecular complexity index is 1170. The number of aliphatic hydroxyl groups is 1. The Morgan fingerprint density at radius 2 is 1.82 bits per heavy atom. The molecule has 45 heavy (non-hydrogen) atoms. The number of esters is 1. The summed E-state index contributed by atoms with van der Waals surface area (Å²) in [5, 5.41) is 16.6. The van der Waals surface area contributed by atoms with Crippen molar-refractivity contribution >= 4 is 23.6 Å². The minimum atomic E-state index is -0.843. The van der Waals surface area contributed by atoms with Crippen LogP contribution in [0.25, 0.3) is 0 Å². The van der Waals surface area contributed by atoms with Crippen molar-refractivity contribution in [3.05, 3.63) is 36.0 Å². The van der Waals surface area contributed by atoms with Crippen LogP contribution in [0, 0.1) is 11.3 Å². The van der Waals surface area contributed by atoms with E-state index in [1.54, 1.807) is 33.9 Å². The van der Waals surface area contributed by atoms with Gasteiger partial charge in [-0.05, 0) is 45.6 Å². The molecule has 11 heteroatoms. The summed E-state index contributed by atoms with van der Waals surface area (Å²) in [5.41, 5.74) is -0.534. The zero-order valence-electron chi connectivity index (χ0n) is 28.0. The van der Waals surface area contributed by atoms with E-state index in [9.17, 15) is 24.3 Å². The van der Waals surface area contributed by atoms with Crippen molar-refractivity contribution in [1.82, 2.24) is 10.6 Å². The summed E-state index contributed by atoms with van der Waals surface area (Å²) in [6.07, 6.45) is 8.30. The Morgan fingerprint density at radius 3 is 2.44 bits per heavy atom. The Balaban J connectivity index is 1.52. The van der Waals surface area contributed by atoms with Crippen LogP contribution in [0.2, 0.25) is 0 Å². The Morgan fingerprint density at radius 1 is 1.13 bits per heavy atom. The van der Waals surface area contributed by atoms with E-state index in [1.807, 2.05) is 26.0 Å². The Labute approximate surface area is 267 Å². The minimum absolute atomic E-state index is 0.0230. The summed E-state index contributed by atoms with van der Waals surface area (Å²) >= 11 is 0. The molecule has 0 aromatic heterocycles. The molecule has 3 aliphatic heterocycles. The molecule has 0 radical (unpaired) electrons. The summed E-state index contributed by atoms with van der Waals surface area (Å²) in [6.45, 7) is 12.9. The van der Waals surface area contributed by atoms with Crippen molar-refractivity contribution in [1.29, 1.82) is 0 Å². The normalized spacial score (nSPS) is 32.8. The number of carbonyl (C=O) groups excluding carboxylic acids is 4. The molecule has 252 valence electrons. The predicted molar refractivity (Wildman–Crippen MR) is 168 cm³/mol. The van der Waals surface area contributed by atoms with Crippen molar-refractivity contribution in [2.75, 3.05) is 13.7 Å². The fourth-order valence-corrected chi connectivity index (χ4v) is 6.12. The van der Waals surface area contributed by atoms with Crippen LogP contribution in [0.15, 0.2) is 36.0 Å². The van der Waals surface area contributed by atoms with Crippen molar-refractivity contribution < 1.29 is 43.2 Å². The highest BCUT2D eigenvalue weighted by molar-refractivity contribution is 5.89. The van der Waals surface area contributed by atoms with E-state index in [-0.39, 0.29) is 54.6 Å². The third-order valence-corrected chi connectivity index (χ3v) is 8.86. The molecule has 0 aromatic carbocycles. The lowest BCUT2D eigenvalue weighted by molar-refractivity contribution is -0.147. The molecular formula is C34H52N2O9. The van der Waals surface area contributed by atoms with Gasteiger partial charge in [0.05, 0.1) is 36.4 Å². The van der Waals surface area contributed by atoms with Gasteiger partial charge < -0.3 is 34.7 Å². The summed E-state index contributed by atoms with van der Waals surface area (Å²) in [7, 11) is 1.56. The lowest BCUT2D eigenvalue weighted by Crippen LogP contribution is -2.50. The molecule has 0 bridgehead atoms. The number of carbonyl (C=O) groups is 4. The first-order valence-corrected chi connectivity index (χ1v) is 15.9. The third kappa shape index (κ3) is 10.6. The molecule has 0 aliphatic carbocycles. The van der Waals surface area contributed by atoms with Gasteiger partial charge >= 0.3 is 5.97 Å². The number of hydrogen-bond donors (Lipinski definition) is 3. The number of aliphatic hydroxyl groups excluding tert-OH is 1. The van der Waals surface area contributed by atoms with Crippen LogP contribution in [0.3, 0.4) is 0 Å². The summed E-state index contributed by atoms with van der Waals surface area (Å²) in [5.74, 6) is -0.717. The van der Waals surface area contributed by atoms with Crippen LogP contribution in [-0.2, 0) is 38.1 Å². The number of amides is 2. The maximum absolute atomic E-state index is 12.8. The number of rotatable bonds is 13. The van der Waals surface area contributed by atoms with E-state index in [2.05, 4.69) is 23.6 Å². The molecule has 3 aliphatic rings. The van der Waals surface area contributed by atoms with Crippen LogP contribution in [0.4, 0.5) is 0 Å².